The Morgan fingerprint density at radius 3 is 3.00 bits per heavy atom. The van der Waals surface area contributed by atoms with Gasteiger partial charge < -0.3 is 14.9 Å². The van der Waals surface area contributed by atoms with Gasteiger partial charge in [0.1, 0.15) is 11.9 Å². The number of hydrogen-bond donors (Lipinski definition) is 2. The summed E-state index contributed by atoms with van der Waals surface area (Å²) < 4.78 is 5.32. The van der Waals surface area contributed by atoms with Gasteiger partial charge in [-0.25, -0.2) is 0 Å². The van der Waals surface area contributed by atoms with Crippen molar-refractivity contribution in [3.63, 3.8) is 0 Å². The summed E-state index contributed by atoms with van der Waals surface area (Å²) in [6.45, 7) is 0.0389. The van der Waals surface area contributed by atoms with Crippen LogP contribution in [0, 0.1) is 0 Å². The number of ether oxygens (including phenoxy) is 1. The normalized spacial score (nSPS) is 16.8. The predicted octanol–water partition coefficient (Wildman–Crippen LogP) is 0.677. The third kappa shape index (κ3) is 1.86. The van der Waals surface area contributed by atoms with Gasteiger partial charge in [0.2, 0.25) is 0 Å². The van der Waals surface area contributed by atoms with Crippen LogP contribution in [-0.2, 0) is 0 Å². The topological polar surface area (TPSA) is 66.8 Å². The van der Waals surface area contributed by atoms with Crippen molar-refractivity contribution in [2.75, 3.05) is 13.2 Å². The number of fused-ring (bicyclic) bond motifs is 1. The van der Waals surface area contributed by atoms with E-state index in [4.69, 9.17) is 9.84 Å². The van der Waals surface area contributed by atoms with Gasteiger partial charge in [-0.05, 0) is 17.7 Å². The Bertz CT molecular complexity index is 386. The van der Waals surface area contributed by atoms with E-state index in [0.717, 1.165) is 0 Å². The van der Waals surface area contributed by atoms with E-state index in [1.165, 1.54) is 0 Å². The first-order valence-electron chi connectivity index (χ1n) is 4.81. The second kappa shape index (κ2) is 4.00. The van der Waals surface area contributed by atoms with Crippen molar-refractivity contribution in [3.8, 4) is 5.75 Å². The van der Waals surface area contributed by atoms with Crippen molar-refractivity contribution in [3.05, 3.63) is 29.3 Å². The van der Waals surface area contributed by atoms with E-state index in [9.17, 15) is 9.90 Å². The largest absolute Gasteiger partial charge is 0.492 e. The Morgan fingerprint density at radius 1 is 1.47 bits per heavy atom. The van der Waals surface area contributed by atoms with Gasteiger partial charge in [0.05, 0.1) is 18.8 Å². The number of benzene rings is 1. The number of aliphatic hydroxyl groups excluding tert-OH is 2. The van der Waals surface area contributed by atoms with Crippen LogP contribution in [0.5, 0.6) is 5.75 Å². The second-order valence-electron chi connectivity index (χ2n) is 3.48. The molecule has 0 radical (unpaired) electrons. The quantitative estimate of drug-likeness (QED) is 0.750. The number of aliphatic hydroxyl groups is 2. The summed E-state index contributed by atoms with van der Waals surface area (Å²) in [5, 5.41) is 18.2. The molecule has 1 aromatic carbocycles. The molecule has 4 heteroatoms. The van der Waals surface area contributed by atoms with Gasteiger partial charge in [0.25, 0.3) is 0 Å². The zero-order valence-corrected chi connectivity index (χ0v) is 8.14. The van der Waals surface area contributed by atoms with Crippen molar-refractivity contribution in [2.45, 2.75) is 12.5 Å². The van der Waals surface area contributed by atoms with E-state index >= 15 is 0 Å². The highest BCUT2D eigenvalue weighted by atomic mass is 16.5. The third-order valence-electron chi connectivity index (χ3n) is 2.45. The first-order chi connectivity index (χ1) is 7.22. The van der Waals surface area contributed by atoms with Crippen LogP contribution < -0.4 is 4.74 Å². The van der Waals surface area contributed by atoms with E-state index in [-0.39, 0.29) is 12.4 Å². The highest BCUT2D eigenvalue weighted by Crippen LogP contribution is 2.28. The lowest BCUT2D eigenvalue weighted by molar-refractivity contribution is 0.0918. The molecule has 1 unspecified atom stereocenters. The maximum absolute atomic E-state index is 11.4. The third-order valence-corrected chi connectivity index (χ3v) is 2.45. The second-order valence-corrected chi connectivity index (χ2v) is 3.48. The number of carbonyl (C=O) groups is 1. The van der Waals surface area contributed by atoms with Crippen LogP contribution in [0.15, 0.2) is 18.2 Å². The Balaban J connectivity index is 2.37. The molecule has 80 valence electrons. The van der Waals surface area contributed by atoms with Crippen LogP contribution >= 0.6 is 0 Å². The van der Waals surface area contributed by atoms with Gasteiger partial charge in [0, 0.05) is 6.42 Å². The molecule has 4 nitrogen and oxygen atoms in total. The Kier molecular flexibility index (Phi) is 2.70. The molecule has 1 aromatic rings. The van der Waals surface area contributed by atoms with E-state index in [1.54, 1.807) is 18.2 Å². The average Bonchev–Trinajstić information content (AvgIpc) is 2.28. The van der Waals surface area contributed by atoms with Crippen molar-refractivity contribution < 1.29 is 19.7 Å². The van der Waals surface area contributed by atoms with Gasteiger partial charge in [-0.1, -0.05) is 6.07 Å². The number of rotatable bonds is 2. The molecule has 0 saturated heterocycles. The molecule has 0 spiro atoms. The fourth-order valence-electron chi connectivity index (χ4n) is 1.59. The Hall–Kier alpha value is -1.39. The van der Waals surface area contributed by atoms with Gasteiger partial charge in [0.15, 0.2) is 5.78 Å². The molecule has 0 aromatic heterocycles. The summed E-state index contributed by atoms with van der Waals surface area (Å²) in [7, 11) is 0. The van der Waals surface area contributed by atoms with Crippen molar-refractivity contribution in [2.24, 2.45) is 0 Å². The maximum Gasteiger partial charge on any atom is 0.169 e. The Labute approximate surface area is 87.1 Å². The molecule has 1 aliphatic rings. The monoisotopic (exact) mass is 208 g/mol. The number of carbonyl (C=O) groups excluding carboxylic acids is 1. The van der Waals surface area contributed by atoms with Gasteiger partial charge in [-0.15, -0.1) is 0 Å². The minimum Gasteiger partial charge on any atom is -0.492 e. The zero-order valence-electron chi connectivity index (χ0n) is 8.14. The lowest BCUT2D eigenvalue weighted by Crippen LogP contribution is -2.16. The summed E-state index contributed by atoms with van der Waals surface area (Å²) in [5.74, 6) is 0.553. The van der Waals surface area contributed by atoms with Crippen molar-refractivity contribution in [1.29, 1.82) is 0 Å². The fourth-order valence-corrected chi connectivity index (χ4v) is 1.59. The molecule has 2 N–H and O–H groups in total. The van der Waals surface area contributed by atoms with Gasteiger partial charge in [-0.2, -0.15) is 0 Å². The molecule has 2 rings (SSSR count). The minimum absolute atomic E-state index is 0.0567. The van der Waals surface area contributed by atoms with Crippen LogP contribution in [0.3, 0.4) is 0 Å². The smallest absolute Gasteiger partial charge is 0.169 e. The number of hydrogen-bond acceptors (Lipinski definition) is 4. The van der Waals surface area contributed by atoms with Gasteiger partial charge in [-0.3, -0.25) is 4.79 Å². The van der Waals surface area contributed by atoms with E-state index in [2.05, 4.69) is 0 Å². The lowest BCUT2D eigenvalue weighted by Gasteiger charge is -2.18. The van der Waals surface area contributed by atoms with Crippen LogP contribution in [-0.4, -0.2) is 29.2 Å². The number of Topliss-reactive ketones (excluding diaryl/α,β-unsaturated/α-hetero) is 1. The highest BCUT2D eigenvalue weighted by molar-refractivity contribution is 5.99. The standard InChI is InChI=1S/C11H12O4/c12-6-10(14)7-1-2-8-9(13)3-4-15-11(8)5-7/h1-2,5,10,12,14H,3-4,6H2. The molecular formula is C11H12O4. The van der Waals surface area contributed by atoms with Crippen molar-refractivity contribution >= 4 is 5.78 Å². The molecule has 15 heavy (non-hydrogen) atoms. The first-order valence-corrected chi connectivity index (χ1v) is 4.81. The fraction of sp³-hybridized carbons (Fsp3) is 0.364. The van der Waals surface area contributed by atoms with E-state index in [0.29, 0.717) is 29.9 Å². The highest BCUT2D eigenvalue weighted by Gasteiger charge is 2.19. The minimum atomic E-state index is -0.920. The van der Waals surface area contributed by atoms with E-state index in [1.807, 2.05) is 0 Å². The molecule has 0 bridgehead atoms. The molecule has 0 saturated carbocycles. The molecule has 1 atom stereocenters. The number of ketones is 1. The SMILES string of the molecule is O=C1CCOc2cc(C(O)CO)ccc21. The maximum atomic E-state index is 11.4. The van der Waals surface area contributed by atoms with Crippen LogP contribution in [0.1, 0.15) is 28.4 Å². The Morgan fingerprint density at radius 2 is 2.27 bits per heavy atom. The molecular weight excluding hydrogens is 196 g/mol. The summed E-state index contributed by atoms with van der Waals surface area (Å²) in [5.41, 5.74) is 1.11. The van der Waals surface area contributed by atoms with E-state index < -0.39 is 6.10 Å². The molecule has 1 heterocycles. The van der Waals surface area contributed by atoms with Crippen LogP contribution in [0.25, 0.3) is 0 Å². The zero-order chi connectivity index (χ0) is 10.8. The van der Waals surface area contributed by atoms with Crippen LogP contribution in [0.2, 0.25) is 0 Å². The summed E-state index contributed by atoms with van der Waals surface area (Å²) in [6, 6.07) is 4.87. The molecule has 1 aliphatic heterocycles. The summed E-state index contributed by atoms with van der Waals surface area (Å²) in [4.78, 5) is 11.4. The molecule has 0 fully saturated rings. The van der Waals surface area contributed by atoms with Crippen LogP contribution in [0.4, 0.5) is 0 Å². The average molecular weight is 208 g/mol. The lowest BCUT2D eigenvalue weighted by atomic mass is 10.0. The molecule has 0 aliphatic carbocycles. The first kappa shape index (κ1) is 10.1. The predicted molar refractivity (Wildman–Crippen MR) is 52.9 cm³/mol. The molecule has 0 amide bonds. The van der Waals surface area contributed by atoms with Gasteiger partial charge >= 0.3 is 0 Å². The summed E-state index contributed by atoms with van der Waals surface area (Å²) >= 11 is 0. The van der Waals surface area contributed by atoms with Crippen molar-refractivity contribution in [1.82, 2.24) is 0 Å². The summed E-state index contributed by atoms with van der Waals surface area (Å²) in [6.07, 6.45) is -0.523.